The van der Waals surface area contributed by atoms with E-state index in [0.29, 0.717) is 12.2 Å². The Morgan fingerprint density at radius 3 is 2.60 bits per heavy atom. The molecule has 0 heterocycles. The third-order valence-electron chi connectivity index (χ3n) is 2.39. The van der Waals surface area contributed by atoms with Crippen LogP contribution >= 0.6 is 67.8 Å². The lowest BCUT2D eigenvalue weighted by Crippen LogP contribution is -2.19. The molecule has 0 amide bonds. The van der Waals surface area contributed by atoms with Gasteiger partial charge >= 0.3 is 5.97 Å². The number of rotatable bonds is 6. The lowest BCUT2D eigenvalue weighted by molar-refractivity contribution is -0.143. The zero-order valence-corrected chi connectivity index (χ0v) is 17.7. The van der Waals surface area contributed by atoms with Crippen LogP contribution < -0.4 is 0 Å². The lowest BCUT2D eigenvalue weighted by atomic mass is 10.2. The number of halogens is 3. The number of hydrogen-bond donors (Lipinski definition) is 0. The minimum absolute atomic E-state index is 0.148. The molecule has 1 aromatic carbocycles. The van der Waals surface area contributed by atoms with Gasteiger partial charge in [-0.05, 0) is 99.3 Å². The molecular formula is C14H15I3O3. The highest BCUT2D eigenvalue weighted by Gasteiger charge is 2.11. The largest absolute Gasteiger partial charge is 0.460 e. The standard InChI is InChI=1S/C14H15I3O3/c1-8(2)14(18)20-6-9(3)19-7-10-4-11(15)5-12(16)13(10)17/h4-5,9H,1,6-7H2,2-3H3. The summed E-state index contributed by atoms with van der Waals surface area (Å²) in [4.78, 5) is 11.3. The summed E-state index contributed by atoms with van der Waals surface area (Å²) in [5.41, 5.74) is 1.55. The Morgan fingerprint density at radius 1 is 1.35 bits per heavy atom. The Kier molecular flexibility index (Phi) is 8.28. The fourth-order valence-electron chi connectivity index (χ4n) is 1.31. The molecule has 0 saturated heterocycles. The van der Waals surface area contributed by atoms with Crippen LogP contribution in [0, 0.1) is 10.7 Å². The molecule has 0 bridgehead atoms. The fraction of sp³-hybridized carbons (Fsp3) is 0.357. The second-order valence-electron chi connectivity index (χ2n) is 4.36. The molecule has 0 radical (unpaired) electrons. The average Bonchev–Trinajstić information content (AvgIpc) is 2.38. The first-order valence-corrected chi connectivity index (χ1v) is 9.12. The van der Waals surface area contributed by atoms with E-state index >= 15 is 0 Å². The Morgan fingerprint density at radius 2 is 2.00 bits per heavy atom. The van der Waals surface area contributed by atoms with Crippen LogP contribution in [0.1, 0.15) is 19.4 Å². The summed E-state index contributed by atoms with van der Waals surface area (Å²) in [5, 5.41) is 0. The monoisotopic (exact) mass is 612 g/mol. The van der Waals surface area contributed by atoms with Gasteiger partial charge in [-0.2, -0.15) is 0 Å². The van der Waals surface area contributed by atoms with Crippen molar-refractivity contribution in [1.82, 2.24) is 0 Å². The second kappa shape index (κ2) is 8.89. The first kappa shape index (κ1) is 18.6. The number of hydrogen-bond acceptors (Lipinski definition) is 3. The molecule has 20 heavy (non-hydrogen) atoms. The van der Waals surface area contributed by atoms with Crippen molar-refractivity contribution in [2.24, 2.45) is 0 Å². The number of benzene rings is 1. The zero-order valence-electron chi connectivity index (χ0n) is 11.2. The van der Waals surface area contributed by atoms with Crippen molar-refractivity contribution >= 4 is 73.7 Å². The van der Waals surface area contributed by atoms with Crippen LogP contribution in [0.15, 0.2) is 24.3 Å². The van der Waals surface area contributed by atoms with E-state index in [0.717, 1.165) is 5.56 Å². The van der Waals surface area contributed by atoms with Gasteiger partial charge in [0.05, 0.1) is 12.7 Å². The summed E-state index contributed by atoms with van der Waals surface area (Å²) in [6.07, 6.45) is -0.148. The van der Waals surface area contributed by atoms with Crippen LogP contribution in [0.25, 0.3) is 0 Å². The number of esters is 1. The van der Waals surface area contributed by atoms with Gasteiger partial charge in [0.25, 0.3) is 0 Å². The Labute approximate surface area is 160 Å². The molecule has 0 aliphatic carbocycles. The van der Waals surface area contributed by atoms with Crippen LogP contribution in [-0.4, -0.2) is 18.7 Å². The highest BCUT2D eigenvalue weighted by Crippen LogP contribution is 2.23. The molecule has 0 fully saturated rings. The smallest absolute Gasteiger partial charge is 0.333 e. The SMILES string of the molecule is C=C(C)C(=O)OCC(C)OCc1cc(I)cc(I)c1I. The van der Waals surface area contributed by atoms with Crippen LogP contribution in [-0.2, 0) is 20.9 Å². The molecule has 0 aromatic heterocycles. The number of ether oxygens (including phenoxy) is 2. The molecule has 6 heteroatoms. The molecule has 3 nitrogen and oxygen atoms in total. The van der Waals surface area contributed by atoms with Crippen molar-refractivity contribution in [2.75, 3.05) is 6.61 Å². The van der Waals surface area contributed by atoms with E-state index < -0.39 is 0 Å². The van der Waals surface area contributed by atoms with Crippen molar-refractivity contribution < 1.29 is 14.3 Å². The maximum atomic E-state index is 11.3. The molecular weight excluding hydrogens is 597 g/mol. The van der Waals surface area contributed by atoms with Gasteiger partial charge in [-0.25, -0.2) is 4.79 Å². The maximum absolute atomic E-state index is 11.3. The van der Waals surface area contributed by atoms with Gasteiger partial charge in [0, 0.05) is 16.3 Å². The van der Waals surface area contributed by atoms with E-state index in [-0.39, 0.29) is 18.7 Å². The minimum Gasteiger partial charge on any atom is -0.460 e. The van der Waals surface area contributed by atoms with E-state index in [4.69, 9.17) is 9.47 Å². The summed E-state index contributed by atoms with van der Waals surface area (Å²) in [7, 11) is 0. The molecule has 1 rings (SSSR count). The highest BCUT2D eigenvalue weighted by atomic mass is 127. The van der Waals surface area contributed by atoms with Gasteiger partial charge in [-0.15, -0.1) is 0 Å². The number of carbonyl (C=O) groups is 1. The van der Waals surface area contributed by atoms with Crippen molar-refractivity contribution in [2.45, 2.75) is 26.6 Å². The van der Waals surface area contributed by atoms with Gasteiger partial charge in [0.15, 0.2) is 0 Å². The van der Waals surface area contributed by atoms with Crippen LogP contribution in [0.4, 0.5) is 0 Å². The van der Waals surface area contributed by atoms with E-state index in [2.05, 4.69) is 86.5 Å². The van der Waals surface area contributed by atoms with E-state index in [1.807, 2.05) is 6.92 Å². The third kappa shape index (κ3) is 6.14. The van der Waals surface area contributed by atoms with Gasteiger partial charge in [-0.1, -0.05) is 6.58 Å². The summed E-state index contributed by atoms with van der Waals surface area (Å²) in [6, 6.07) is 4.24. The van der Waals surface area contributed by atoms with Gasteiger partial charge in [-0.3, -0.25) is 0 Å². The zero-order chi connectivity index (χ0) is 15.3. The average molecular weight is 612 g/mol. The number of carbonyl (C=O) groups excluding carboxylic acids is 1. The lowest BCUT2D eigenvalue weighted by Gasteiger charge is -2.15. The molecule has 1 unspecified atom stereocenters. The van der Waals surface area contributed by atoms with Gasteiger partial charge in [0.2, 0.25) is 0 Å². The first-order valence-electron chi connectivity index (χ1n) is 5.89. The van der Waals surface area contributed by atoms with Crippen molar-refractivity contribution in [3.8, 4) is 0 Å². The van der Waals surface area contributed by atoms with Crippen LogP contribution in [0.3, 0.4) is 0 Å². The normalized spacial score (nSPS) is 12.1. The van der Waals surface area contributed by atoms with Gasteiger partial charge in [0.1, 0.15) is 6.61 Å². The first-order chi connectivity index (χ1) is 9.31. The van der Waals surface area contributed by atoms with Crippen molar-refractivity contribution in [1.29, 1.82) is 0 Å². The summed E-state index contributed by atoms with van der Waals surface area (Å²) >= 11 is 6.93. The minimum atomic E-state index is -0.376. The summed E-state index contributed by atoms with van der Waals surface area (Å²) in [6.45, 7) is 7.81. The van der Waals surface area contributed by atoms with E-state index in [1.54, 1.807) is 6.92 Å². The molecule has 1 aromatic rings. The molecule has 0 N–H and O–H groups in total. The molecule has 0 aliphatic heterocycles. The van der Waals surface area contributed by atoms with Crippen LogP contribution in [0.2, 0.25) is 0 Å². The maximum Gasteiger partial charge on any atom is 0.333 e. The van der Waals surface area contributed by atoms with E-state index in [9.17, 15) is 4.79 Å². The van der Waals surface area contributed by atoms with E-state index in [1.165, 1.54) is 10.7 Å². The topological polar surface area (TPSA) is 35.5 Å². The molecule has 0 spiro atoms. The second-order valence-corrected chi connectivity index (χ2v) is 7.85. The summed E-state index contributed by atoms with van der Waals surface area (Å²) < 4.78 is 14.4. The van der Waals surface area contributed by atoms with Gasteiger partial charge < -0.3 is 9.47 Å². The molecule has 0 saturated carbocycles. The Balaban J connectivity index is 2.51. The highest BCUT2D eigenvalue weighted by molar-refractivity contribution is 14.1. The predicted octanol–water partition coefficient (Wildman–Crippen LogP) is 4.52. The summed E-state index contributed by atoms with van der Waals surface area (Å²) in [5.74, 6) is -0.376. The Hall–Kier alpha value is 0.580. The molecule has 1 atom stereocenters. The third-order valence-corrected chi connectivity index (χ3v) is 6.17. The molecule has 110 valence electrons. The molecule has 0 aliphatic rings. The fourth-order valence-corrected chi connectivity index (χ4v) is 3.74. The quantitative estimate of drug-likeness (QED) is 0.205. The van der Waals surface area contributed by atoms with Crippen LogP contribution in [0.5, 0.6) is 0 Å². The predicted molar refractivity (Wildman–Crippen MR) is 105 cm³/mol. The Bertz CT molecular complexity index is 515. The van der Waals surface area contributed by atoms with Crippen molar-refractivity contribution in [3.05, 3.63) is 40.6 Å². The van der Waals surface area contributed by atoms with Crippen molar-refractivity contribution in [3.63, 3.8) is 0 Å².